The van der Waals surface area contributed by atoms with Crippen molar-refractivity contribution in [1.29, 1.82) is 0 Å². The van der Waals surface area contributed by atoms with Crippen LogP contribution in [0, 0.1) is 0 Å². The number of rotatable bonds is 6. The van der Waals surface area contributed by atoms with Crippen LogP contribution in [0.15, 0.2) is 0 Å². The molecule has 0 aliphatic rings. The topological polar surface area (TPSA) is 122 Å². The second kappa shape index (κ2) is 10.5. The van der Waals surface area contributed by atoms with Crippen molar-refractivity contribution < 1.29 is 19.5 Å². The van der Waals surface area contributed by atoms with Crippen LogP contribution in [-0.2, 0) is 14.4 Å². The highest BCUT2D eigenvalue weighted by Crippen LogP contribution is 1.98. The summed E-state index contributed by atoms with van der Waals surface area (Å²) in [4.78, 5) is 32.9. The summed E-state index contributed by atoms with van der Waals surface area (Å²) in [6.45, 7) is 5.45. The van der Waals surface area contributed by atoms with E-state index in [9.17, 15) is 14.4 Å². The number of carbonyl (C=O) groups is 3. The van der Waals surface area contributed by atoms with Crippen LogP contribution in [0.1, 0.15) is 33.6 Å². The molecule has 0 saturated carbocycles. The predicted octanol–water partition coefficient (Wildman–Crippen LogP) is -0.545. The maximum absolute atomic E-state index is 11.2. The Hall–Kier alpha value is -1.63. The quantitative estimate of drug-likeness (QED) is 0.511. The van der Waals surface area contributed by atoms with Crippen LogP contribution in [0.25, 0.3) is 0 Å². The minimum atomic E-state index is -1.18. The van der Waals surface area contributed by atoms with E-state index in [0.717, 1.165) is 0 Å². The number of hydrogen-bond donors (Lipinski definition) is 4. The van der Waals surface area contributed by atoms with Crippen LogP contribution >= 0.6 is 0 Å². The molecule has 0 fully saturated rings. The number of nitrogens with two attached hydrogens (primary N) is 1. The second-order valence-electron chi connectivity index (χ2n) is 3.40. The third-order valence-electron chi connectivity index (χ3n) is 1.97. The number of nitrogens with one attached hydrogen (secondary N) is 2. The lowest BCUT2D eigenvalue weighted by Gasteiger charge is -2.15. The largest absolute Gasteiger partial charge is 0.480 e. The van der Waals surface area contributed by atoms with Gasteiger partial charge in [0.05, 0.1) is 6.04 Å². The lowest BCUT2D eigenvalue weighted by Crippen LogP contribution is -2.47. The van der Waals surface area contributed by atoms with Crippen LogP contribution in [0.5, 0.6) is 0 Å². The molecule has 2 atom stereocenters. The summed E-state index contributed by atoms with van der Waals surface area (Å²) in [5.41, 5.74) is 5.28. The molecule has 7 heteroatoms. The van der Waals surface area contributed by atoms with E-state index < -0.39 is 24.0 Å². The van der Waals surface area contributed by atoms with Gasteiger partial charge in [0.15, 0.2) is 0 Å². The molecule has 0 aromatic heterocycles. The Bertz CT molecular complexity index is 279. The Labute approximate surface area is 107 Å². The number of carbonyl (C=O) groups excluding carboxylic acids is 2. The number of hydrogen-bond acceptors (Lipinski definition) is 4. The molecule has 0 saturated heterocycles. The molecule has 0 aliphatic heterocycles. The Morgan fingerprint density at radius 2 is 1.78 bits per heavy atom. The summed E-state index contributed by atoms with van der Waals surface area (Å²) >= 11 is 0. The van der Waals surface area contributed by atoms with Gasteiger partial charge in [0.25, 0.3) is 0 Å². The Kier molecular flexibility index (Phi) is 10.9. The first-order valence-corrected chi connectivity index (χ1v) is 5.87. The number of carboxylic acid groups (broad SMARTS) is 1. The standard InChI is InChI=1S/C9H17N3O4.C2H6/c1-5(10)8(14)12-6(9(15)16)3-4-7(13)11-2;1-2/h5-6H,3-4,10H2,1-2H3,(H,11,13)(H,12,14)(H,15,16);1-2H3/t5-,6-;/m0./s1. The van der Waals surface area contributed by atoms with E-state index >= 15 is 0 Å². The lowest BCUT2D eigenvalue weighted by atomic mass is 10.1. The van der Waals surface area contributed by atoms with Gasteiger partial charge >= 0.3 is 5.97 Å². The summed E-state index contributed by atoms with van der Waals surface area (Å²) in [6.07, 6.45) is 0.0696. The van der Waals surface area contributed by atoms with Crippen molar-refractivity contribution in [3.8, 4) is 0 Å². The van der Waals surface area contributed by atoms with Crippen molar-refractivity contribution in [2.45, 2.75) is 45.7 Å². The fraction of sp³-hybridized carbons (Fsp3) is 0.727. The number of aliphatic carboxylic acids is 1. The van der Waals surface area contributed by atoms with Gasteiger partial charge in [0.2, 0.25) is 11.8 Å². The molecule has 0 bridgehead atoms. The highest BCUT2D eigenvalue weighted by atomic mass is 16.4. The van der Waals surface area contributed by atoms with Gasteiger partial charge in [-0.2, -0.15) is 0 Å². The smallest absolute Gasteiger partial charge is 0.326 e. The fourth-order valence-corrected chi connectivity index (χ4v) is 0.961. The summed E-state index contributed by atoms with van der Waals surface area (Å²) in [5.74, 6) is -2.01. The highest BCUT2D eigenvalue weighted by Gasteiger charge is 2.21. The molecular formula is C11H23N3O4. The molecule has 0 radical (unpaired) electrons. The molecule has 5 N–H and O–H groups in total. The third-order valence-corrected chi connectivity index (χ3v) is 1.97. The number of carboxylic acids is 1. The van der Waals surface area contributed by atoms with Crippen LogP contribution in [0.3, 0.4) is 0 Å². The first-order chi connectivity index (χ1) is 8.38. The van der Waals surface area contributed by atoms with Gasteiger partial charge in [0.1, 0.15) is 6.04 Å². The lowest BCUT2D eigenvalue weighted by molar-refractivity contribution is -0.142. The predicted molar refractivity (Wildman–Crippen MR) is 67.9 cm³/mol. The zero-order chi connectivity index (χ0) is 14.7. The van der Waals surface area contributed by atoms with Crippen molar-refractivity contribution in [2.75, 3.05) is 7.05 Å². The fourth-order valence-electron chi connectivity index (χ4n) is 0.961. The van der Waals surface area contributed by atoms with Crippen molar-refractivity contribution >= 4 is 17.8 Å². The van der Waals surface area contributed by atoms with Crippen molar-refractivity contribution in [1.82, 2.24) is 10.6 Å². The average Bonchev–Trinajstić information content (AvgIpc) is 2.35. The normalized spacial score (nSPS) is 12.5. The number of amides is 2. The van der Waals surface area contributed by atoms with E-state index in [0.29, 0.717) is 0 Å². The van der Waals surface area contributed by atoms with Gasteiger partial charge in [-0.05, 0) is 13.3 Å². The van der Waals surface area contributed by atoms with Gasteiger partial charge < -0.3 is 21.5 Å². The minimum Gasteiger partial charge on any atom is -0.480 e. The summed E-state index contributed by atoms with van der Waals surface area (Å²) in [5, 5.41) is 13.4. The Morgan fingerprint density at radius 1 is 1.28 bits per heavy atom. The molecule has 0 spiro atoms. The van der Waals surface area contributed by atoms with Crippen LogP contribution < -0.4 is 16.4 Å². The molecule has 106 valence electrons. The summed E-state index contributed by atoms with van der Waals surface area (Å²) in [7, 11) is 1.46. The van der Waals surface area contributed by atoms with E-state index in [1.54, 1.807) is 0 Å². The highest BCUT2D eigenvalue weighted by molar-refractivity contribution is 5.87. The monoisotopic (exact) mass is 261 g/mol. The second-order valence-corrected chi connectivity index (χ2v) is 3.40. The maximum atomic E-state index is 11.2. The molecule has 0 unspecified atom stereocenters. The molecule has 2 amide bonds. The maximum Gasteiger partial charge on any atom is 0.326 e. The Morgan fingerprint density at radius 3 is 2.11 bits per heavy atom. The van der Waals surface area contributed by atoms with E-state index in [4.69, 9.17) is 10.8 Å². The van der Waals surface area contributed by atoms with Gasteiger partial charge in [-0.25, -0.2) is 4.79 Å². The van der Waals surface area contributed by atoms with Gasteiger partial charge in [-0.3, -0.25) is 9.59 Å². The average molecular weight is 261 g/mol. The van der Waals surface area contributed by atoms with Gasteiger partial charge in [-0.1, -0.05) is 13.8 Å². The van der Waals surface area contributed by atoms with E-state index in [1.807, 2.05) is 13.8 Å². The molecule has 0 aromatic carbocycles. The summed E-state index contributed by atoms with van der Waals surface area (Å²) in [6, 6.07) is -1.86. The first kappa shape index (κ1) is 18.7. The van der Waals surface area contributed by atoms with E-state index in [2.05, 4.69) is 10.6 Å². The third kappa shape index (κ3) is 8.51. The summed E-state index contributed by atoms with van der Waals surface area (Å²) < 4.78 is 0. The first-order valence-electron chi connectivity index (χ1n) is 5.87. The zero-order valence-electron chi connectivity index (χ0n) is 11.3. The van der Waals surface area contributed by atoms with E-state index in [1.165, 1.54) is 14.0 Å². The van der Waals surface area contributed by atoms with Crippen LogP contribution in [-0.4, -0.2) is 42.0 Å². The minimum absolute atomic E-state index is 0.0344. The molecule has 0 heterocycles. The van der Waals surface area contributed by atoms with E-state index in [-0.39, 0.29) is 18.7 Å². The molecule has 7 nitrogen and oxygen atoms in total. The van der Waals surface area contributed by atoms with Crippen LogP contribution in [0.2, 0.25) is 0 Å². The van der Waals surface area contributed by atoms with Crippen molar-refractivity contribution in [3.63, 3.8) is 0 Å². The SMILES string of the molecule is CC.CNC(=O)CC[C@H](NC(=O)[C@H](C)N)C(=O)O. The van der Waals surface area contributed by atoms with Crippen molar-refractivity contribution in [2.24, 2.45) is 5.73 Å². The van der Waals surface area contributed by atoms with Crippen molar-refractivity contribution in [3.05, 3.63) is 0 Å². The molecular weight excluding hydrogens is 238 g/mol. The van der Waals surface area contributed by atoms with Gasteiger partial charge in [0, 0.05) is 13.5 Å². The molecule has 18 heavy (non-hydrogen) atoms. The van der Waals surface area contributed by atoms with Crippen LogP contribution in [0.4, 0.5) is 0 Å². The Balaban J connectivity index is 0. The van der Waals surface area contributed by atoms with Gasteiger partial charge in [-0.15, -0.1) is 0 Å². The molecule has 0 aliphatic carbocycles. The zero-order valence-corrected chi connectivity index (χ0v) is 11.3. The molecule has 0 aromatic rings. The molecule has 0 rings (SSSR count).